The Morgan fingerprint density at radius 2 is 1.80 bits per heavy atom. The second-order valence-corrected chi connectivity index (χ2v) is 7.45. The molecule has 0 spiro atoms. The maximum absolute atomic E-state index is 12.9. The number of ether oxygens (including phenoxy) is 1. The highest BCUT2D eigenvalue weighted by molar-refractivity contribution is 6.07. The number of nitrogens with one attached hydrogen (secondary N) is 1. The largest absolute Gasteiger partial charge is 0.497 e. The summed E-state index contributed by atoms with van der Waals surface area (Å²) in [6.07, 6.45) is 0.810. The molecule has 1 N–H and O–H groups in total. The lowest BCUT2D eigenvalue weighted by Crippen LogP contribution is -2.28. The fourth-order valence-electron chi connectivity index (χ4n) is 3.68. The predicted molar refractivity (Wildman–Crippen MR) is 117 cm³/mol. The number of anilines is 1. The van der Waals surface area contributed by atoms with Crippen LogP contribution in [0.25, 0.3) is 0 Å². The average molecular weight is 400 g/mol. The third-order valence-corrected chi connectivity index (χ3v) is 5.37. The maximum Gasteiger partial charge on any atom is 0.258 e. The molecule has 152 valence electrons. The smallest absolute Gasteiger partial charge is 0.258 e. The normalized spacial score (nSPS) is 12.4. The third kappa shape index (κ3) is 4.06. The molecule has 1 aliphatic rings. The highest BCUT2D eigenvalue weighted by Crippen LogP contribution is 2.30. The van der Waals surface area contributed by atoms with Gasteiger partial charge >= 0.3 is 0 Å². The van der Waals surface area contributed by atoms with E-state index < -0.39 is 0 Å². The molecule has 0 aromatic heterocycles. The van der Waals surface area contributed by atoms with E-state index in [0.29, 0.717) is 30.0 Å². The summed E-state index contributed by atoms with van der Waals surface area (Å²) in [4.78, 5) is 27.1. The van der Waals surface area contributed by atoms with Crippen LogP contribution in [0.2, 0.25) is 0 Å². The van der Waals surface area contributed by atoms with Crippen molar-refractivity contribution < 1.29 is 14.3 Å². The van der Waals surface area contributed by atoms with E-state index in [0.717, 1.165) is 28.8 Å². The fraction of sp³-hybridized carbons (Fsp3) is 0.200. The molecule has 4 rings (SSSR count). The molecule has 0 fully saturated rings. The number of benzene rings is 3. The van der Waals surface area contributed by atoms with E-state index in [-0.39, 0.29) is 11.8 Å². The minimum Gasteiger partial charge on any atom is -0.497 e. The Hall–Kier alpha value is -3.60. The van der Waals surface area contributed by atoms with Gasteiger partial charge in [0.05, 0.1) is 7.11 Å². The molecule has 0 unspecified atom stereocenters. The Kier molecular flexibility index (Phi) is 5.53. The molecule has 0 radical (unpaired) electrons. The van der Waals surface area contributed by atoms with Crippen molar-refractivity contribution in [3.05, 3.63) is 94.5 Å². The number of methoxy groups -OCH3 is 1. The van der Waals surface area contributed by atoms with Gasteiger partial charge < -0.3 is 15.0 Å². The number of carbonyl (C=O) groups is 2. The molecule has 2 amide bonds. The molecule has 30 heavy (non-hydrogen) atoms. The van der Waals surface area contributed by atoms with E-state index in [4.69, 9.17) is 4.74 Å². The average Bonchev–Trinajstić information content (AvgIpc) is 3.20. The number of hydrogen-bond donors (Lipinski definition) is 1. The van der Waals surface area contributed by atoms with Crippen molar-refractivity contribution in [1.29, 1.82) is 0 Å². The summed E-state index contributed by atoms with van der Waals surface area (Å²) in [6.45, 7) is 3.10. The highest BCUT2D eigenvalue weighted by Gasteiger charge is 2.25. The molecule has 0 saturated carbocycles. The van der Waals surface area contributed by atoms with Gasteiger partial charge in [0.2, 0.25) is 0 Å². The lowest BCUT2D eigenvalue weighted by atomic mass is 10.1. The van der Waals surface area contributed by atoms with Crippen LogP contribution in [-0.4, -0.2) is 25.5 Å². The van der Waals surface area contributed by atoms with Crippen LogP contribution in [0.5, 0.6) is 5.75 Å². The first kappa shape index (κ1) is 19.7. The third-order valence-electron chi connectivity index (χ3n) is 5.37. The summed E-state index contributed by atoms with van der Waals surface area (Å²) in [5.41, 5.74) is 5.48. The molecule has 3 aromatic carbocycles. The Balaban J connectivity index is 1.44. The molecule has 0 saturated heterocycles. The molecule has 0 bridgehead atoms. The lowest BCUT2D eigenvalue weighted by molar-refractivity contribution is 0.0949. The van der Waals surface area contributed by atoms with Crippen LogP contribution >= 0.6 is 0 Å². The van der Waals surface area contributed by atoms with Crippen LogP contribution in [-0.2, 0) is 13.0 Å². The first-order valence-electron chi connectivity index (χ1n) is 9.98. The summed E-state index contributed by atoms with van der Waals surface area (Å²) in [5, 5.41) is 2.95. The number of fused-ring (bicyclic) bond motifs is 1. The molecule has 1 aliphatic heterocycles. The molecule has 5 nitrogen and oxygen atoms in total. The quantitative estimate of drug-likeness (QED) is 0.700. The van der Waals surface area contributed by atoms with E-state index in [2.05, 4.69) is 11.4 Å². The van der Waals surface area contributed by atoms with Gasteiger partial charge in [0.25, 0.3) is 11.8 Å². The minimum atomic E-state index is -0.148. The number of hydrogen-bond acceptors (Lipinski definition) is 3. The molecule has 0 atom stereocenters. The zero-order chi connectivity index (χ0) is 21.1. The number of carbonyl (C=O) groups excluding carboxylic acids is 2. The van der Waals surface area contributed by atoms with E-state index in [1.54, 1.807) is 31.4 Å². The Morgan fingerprint density at radius 3 is 2.57 bits per heavy atom. The van der Waals surface area contributed by atoms with E-state index in [9.17, 15) is 9.59 Å². The molecule has 5 heteroatoms. The number of amides is 2. The van der Waals surface area contributed by atoms with Crippen molar-refractivity contribution in [3.8, 4) is 5.75 Å². The zero-order valence-corrected chi connectivity index (χ0v) is 17.1. The zero-order valence-electron chi connectivity index (χ0n) is 17.1. The predicted octanol–water partition coefficient (Wildman–Crippen LogP) is 4.14. The fourth-order valence-corrected chi connectivity index (χ4v) is 3.68. The van der Waals surface area contributed by atoms with Gasteiger partial charge in [-0.15, -0.1) is 0 Å². The SMILES string of the molecule is COc1cccc(C(=O)NCc2ccc3c(c2)CCN3C(=O)c2ccc(C)cc2)c1. The van der Waals surface area contributed by atoms with Crippen LogP contribution in [0.3, 0.4) is 0 Å². The Morgan fingerprint density at radius 1 is 1.00 bits per heavy atom. The summed E-state index contributed by atoms with van der Waals surface area (Å²) in [6, 6.07) is 20.7. The van der Waals surface area contributed by atoms with Crippen LogP contribution < -0.4 is 15.0 Å². The summed E-state index contributed by atoms with van der Waals surface area (Å²) < 4.78 is 5.17. The standard InChI is InChI=1S/C25H24N2O3/c1-17-6-9-19(10-7-17)25(29)27-13-12-20-14-18(8-11-23(20)27)16-26-24(28)21-4-3-5-22(15-21)30-2/h3-11,14-15H,12-13,16H2,1-2H3,(H,26,28). The highest BCUT2D eigenvalue weighted by atomic mass is 16.5. The minimum absolute atomic E-state index is 0.0211. The maximum atomic E-state index is 12.9. The summed E-state index contributed by atoms with van der Waals surface area (Å²) >= 11 is 0. The van der Waals surface area contributed by atoms with E-state index in [1.807, 2.05) is 48.2 Å². The monoisotopic (exact) mass is 400 g/mol. The molecule has 0 aliphatic carbocycles. The number of nitrogens with zero attached hydrogens (tertiary/aromatic N) is 1. The van der Waals surface area contributed by atoms with Gasteiger partial charge in [-0.05, 0) is 60.9 Å². The van der Waals surface area contributed by atoms with Crippen LogP contribution in [0.1, 0.15) is 37.4 Å². The second-order valence-electron chi connectivity index (χ2n) is 7.45. The van der Waals surface area contributed by atoms with Crippen molar-refractivity contribution in [2.45, 2.75) is 19.9 Å². The van der Waals surface area contributed by atoms with Crippen molar-refractivity contribution >= 4 is 17.5 Å². The van der Waals surface area contributed by atoms with Crippen LogP contribution in [0, 0.1) is 6.92 Å². The molecule has 3 aromatic rings. The van der Waals surface area contributed by atoms with Crippen molar-refractivity contribution in [2.24, 2.45) is 0 Å². The van der Waals surface area contributed by atoms with E-state index >= 15 is 0 Å². The van der Waals surface area contributed by atoms with E-state index in [1.165, 1.54) is 0 Å². The van der Waals surface area contributed by atoms with Gasteiger partial charge in [-0.2, -0.15) is 0 Å². The first-order chi connectivity index (χ1) is 14.5. The van der Waals surface area contributed by atoms with Gasteiger partial charge in [-0.3, -0.25) is 9.59 Å². The lowest BCUT2D eigenvalue weighted by Gasteiger charge is -2.18. The number of aryl methyl sites for hydroxylation is 1. The molecule has 1 heterocycles. The number of rotatable bonds is 5. The van der Waals surface area contributed by atoms with Crippen LogP contribution in [0.15, 0.2) is 66.7 Å². The Bertz CT molecular complexity index is 1090. The van der Waals surface area contributed by atoms with Gasteiger partial charge in [-0.1, -0.05) is 35.9 Å². The summed E-state index contributed by atoms with van der Waals surface area (Å²) in [5.74, 6) is 0.525. The second kappa shape index (κ2) is 8.41. The van der Waals surface area contributed by atoms with Crippen molar-refractivity contribution in [1.82, 2.24) is 5.32 Å². The first-order valence-corrected chi connectivity index (χ1v) is 9.98. The van der Waals surface area contributed by atoms with Gasteiger partial charge in [0.15, 0.2) is 0 Å². The van der Waals surface area contributed by atoms with Crippen LogP contribution in [0.4, 0.5) is 5.69 Å². The van der Waals surface area contributed by atoms with Gasteiger partial charge in [0, 0.05) is 29.9 Å². The van der Waals surface area contributed by atoms with Crippen molar-refractivity contribution in [2.75, 3.05) is 18.6 Å². The summed E-state index contributed by atoms with van der Waals surface area (Å²) in [7, 11) is 1.58. The topological polar surface area (TPSA) is 58.6 Å². The van der Waals surface area contributed by atoms with Gasteiger partial charge in [-0.25, -0.2) is 0 Å². The van der Waals surface area contributed by atoms with Gasteiger partial charge in [0.1, 0.15) is 5.75 Å². The van der Waals surface area contributed by atoms with Crippen molar-refractivity contribution in [3.63, 3.8) is 0 Å². The molecular formula is C25H24N2O3. The Labute approximate surface area is 176 Å². The molecular weight excluding hydrogens is 376 g/mol.